The molecule has 3 atom stereocenters. The average Bonchev–Trinajstić information content (AvgIpc) is 3.18. The van der Waals surface area contributed by atoms with Crippen LogP contribution < -0.4 is 25.6 Å². The molecule has 0 saturated carbocycles. The number of aliphatic imine (C=N–C) groups is 1. The van der Waals surface area contributed by atoms with Gasteiger partial charge >= 0.3 is 6.03 Å². The highest BCUT2D eigenvalue weighted by atomic mass is 16.7. The van der Waals surface area contributed by atoms with Crippen LogP contribution in [-0.2, 0) is 9.47 Å². The number of carbonyl (C=O) groups is 1. The molecule has 3 heterocycles. The fourth-order valence-electron chi connectivity index (χ4n) is 7.02. The smallest absolute Gasteiger partial charge is 0.320 e. The lowest BCUT2D eigenvalue weighted by atomic mass is 9.85. The van der Waals surface area contributed by atoms with Crippen molar-refractivity contribution in [2.24, 2.45) is 10.4 Å². The van der Waals surface area contributed by atoms with Crippen molar-refractivity contribution in [2.45, 2.75) is 97.0 Å². The Morgan fingerprint density at radius 3 is 2.47 bits per heavy atom. The summed E-state index contributed by atoms with van der Waals surface area (Å²) in [4.78, 5) is 20.5. The van der Waals surface area contributed by atoms with Crippen LogP contribution in [-0.4, -0.2) is 72.2 Å². The predicted octanol–water partition coefficient (Wildman–Crippen LogP) is 7.60. The molecule has 2 aliphatic heterocycles. The molecule has 3 unspecified atom stereocenters. The van der Waals surface area contributed by atoms with Crippen LogP contribution in [0.3, 0.4) is 0 Å². The standard InChI is InChI=1S/C42H56N8O5/c1-42(2,3)36(43)27-38(46-29-12-11-13-30(26-29)52-24-25-54-39-16-7-10-23-53-39)48-41(51)47-34-18-19-35(33-15-6-5-14-32(33)34)55-31-17-20-37(44)50(28-31)40(45)49-21-8-4-9-22-49/h5-6,11-15,17,20,26,28,34-35,39,43-45H,4,7-10,16,18-19,21-25,27H2,1-3H3,(H2,46,47,48,51). The highest BCUT2D eigenvalue weighted by Gasteiger charge is 2.30. The number of pyridine rings is 1. The van der Waals surface area contributed by atoms with Crippen molar-refractivity contribution >= 4 is 29.2 Å². The normalized spacial score (nSPS) is 20.2. The van der Waals surface area contributed by atoms with Crippen molar-refractivity contribution in [3.05, 3.63) is 83.5 Å². The van der Waals surface area contributed by atoms with Crippen LogP contribution in [0.1, 0.15) is 102 Å². The lowest BCUT2D eigenvalue weighted by Gasteiger charge is -2.33. The molecule has 6 rings (SSSR count). The van der Waals surface area contributed by atoms with Crippen molar-refractivity contribution in [1.82, 2.24) is 20.1 Å². The number of nitrogens with zero attached hydrogens (tertiary/aromatic N) is 3. The number of likely N-dealkylation sites (tertiary alicyclic amines) is 1. The van der Waals surface area contributed by atoms with Crippen LogP contribution in [0.15, 0.2) is 71.9 Å². The van der Waals surface area contributed by atoms with Gasteiger partial charge in [0, 0.05) is 37.9 Å². The van der Waals surface area contributed by atoms with Gasteiger partial charge in [-0.1, -0.05) is 51.1 Å². The molecule has 3 aromatic rings. The zero-order chi connectivity index (χ0) is 38.8. The first kappa shape index (κ1) is 39.7. The number of benzene rings is 2. The van der Waals surface area contributed by atoms with Gasteiger partial charge in [-0.05, 0) is 92.2 Å². The first-order valence-corrected chi connectivity index (χ1v) is 19.6. The molecule has 13 heteroatoms. The van der Waals surface area contributed by atoms with Crippen LogP contribution in [0.4, 0.5) is 10.5 Å². The zero-order valence-corrected chi connectivity index (χ0v) is 32.4. The molecule has 2 fully saturated rings. The number of urea groups is 1. The van der Waals surface area contributed by atoms with Crippen LogP contribution >= 0.6 is 0 Å². The minimum absolute atomic E-state index is 0.167. The maximum atomic E-state index is 13.7. The first-order valence-electron chi connectivity index (χ1n) is 19.6. The summed E-state index contributed by atoms with van der Waals surface area (Å²) in [5.41, 5.74) is 2.80. The van der Waals surface area contributed by atoms with E-state index in [9.17, 15) is 4.79 Å². The van der Waals surface area contributed by atoms with E-state index < -0.39 is 11.4 Å². The summed E-state index contributed by atoms with van der Waals surface area (Å²) in [6, 6.07) is 18.1. The van der Waals surface area contributed by atoms with E-state index in [1.54, 1.807) is 22.9 Å². The summed E-state index contributed by atoms with van der Waals surface area (Å²) in [5, 5.41) is 32.1. The van der Waals surface area contributed by atoms with Crippen LogP contribution in [0.25, 0.3) is 0 Å². The second-order valence-electron chi connectivity index (χ2n) is 15.4. The molecular formula is C42H56N8O5. The third-order valence-electron chi connectivity index (χ3n) is 10.2. The average molecular weight is 753 g/mol. The maximum absolute atomic E-state index is 13.7. The molecule has 0 radical (unpaired) electrons. The van der Waals surface area contributed by atoms with Gasteiger partial charge in [0.2, 0.25) is 5.96 Å². The van der Waals surface area contributed by atoms with E-state index in [1.807, 2.05) is 74.2 Å². The first-order chi connectivity index (χ1) is 26.5. The number of carbonyl (C=O) groups excluding carboxylic acids is 1. The topological polar surface area (TPSA) is 170 Å². The lowest BCUT2D eigenvalue weighted by Crippen LogP contribution is -2.43. The maximum Gasteiger partial charge on any atom is 0.320 e. The highest BCUT2D eigenvalue weighted by Crippen LogP contribution is 2.38. The Morgan fingerprint density at radius 1 is 0.909 bits per heavy atom. The second-order valence-corrected chi connectivity index (χ2v) is 15.4. The monoisotopic (exact) mass is 752 g/mol. The minimum Gasteiger partial charge on any atom is -0.491 e. The van der Waals surface area contributed by atoms with Crippen LogP contribution in [0, 0.1) is 21.6 Å². The van der Waals surface area contributed by atoms with E-state index in [-0.39, 0.29) is 30.3 Å². The third kappa shape index (κ3) is 11.0. The van der Waals surface area contributed by atoms with E-state index in [0.717, 1.165) is 62.9 Å². The predicted molar refractivity (Wildman–Crippen MR) is 213 cm³/mol. The number of amides is 2. The van der Waals surface area contributed by atoms with Crippen LogP contribution in [0.5, 0.6) is 11.5 Å². The van der Waals surface area contributed by atoms with Crippen molar-refractivity contribution in [3.63, 3.8) is 0 Å². The number of amidine groups is 1. The number of fused-ring (bicyclic) bond motifs is 1. The fraction of sp³-hybridized carbons (Fsp3) is 0.500. The molecule has 0 spiro atoms. The Labute approximate surface area is 324 Å². The zero-order valence-electron chi connectivity index (χ0n) is 32.4. The summed E-state index contributed by atoms with van der Waals surface area (Å²) in [5.74, 6) is 1.87. The molecule has 0 bridgehead atoms. The number of rotatable bonds is 11. The summed E-state index contributed by atoms with van der Waals surface area (Å²) in [6.07, 6.45) is 9.08. The SMILES string of the molecule is CC(C)(C)C(=N)CC(=Nc1cccc(OCCOC2CCCCO2)c1)NC(=O)NC1CCC(Oc2ccc(=N)n(C(=N)N3CCCCC3)c2)c2ccccc21. The van der Waals surface area contributed by atoms with Gasteiger partial charge < -0.3 is 34.6 Å². The highest BCUT2D eigenvalue weighted by molar-refractivity contribution is 6.09. The molecule has 2 saturated heterocycles. The molecule has 2 amide bonds. The Morgan fingerprint density at radius 2 is 1.71 bits per heavy atom. The second kappa shape index (κ2) is 18.5. The number of nitrogens with one attached hydrogen (secondary N) is 5. The molecule has 3 aliphatic rings. The Hall–Kier alpha value is -5.01. The van der Waals surface area contributed by atoms with Crippen molar-refractivity contribution in [1.29, 1.82) is 16.2 Å². The number of aromatic nitrogens is 1. The lowest BCUT2D eigenvalue weighted by molar-refractivity contribution is -0.165. The Bertz CT molecular complexity index is 1890. The van der Waals surface area contributed by atoms with Gasteiger partial charge in [-0.2, -0.15) is 0 Å². The van der Waals surface area contributed by atoms with Gasteiger partial charge in [0.05, 0.1) is 24.5 Å². The summed E-state index contributed by atoms with van der Waals surface area (Å²) in [7, 11) is 0. The van der Waals surface area contributed by atoms with Crippen molar-refractivity contribution in [3.8, 4) is 11.5 Å². The van der Waals surface area contributed by atoms with Gasteiger partial charge in [-0.3, -0.25) is 20.7 Å². The largest absolute Gasteiger partial charge is 0.491 e. The number of piperidine rings is 1. The van der Waals surface area contributed by atoms with Gasteiger partial charge in [0.1, 0.15) is 35.5 Å². The molecule has 2 aromatic carbocycles. The van der Waals surface area contributed by atoms with E-state index in [2.05, 4.69) is 10.6 Å². The van der Waals surface area contributed by atoms with E-state index in [1.165, 1.54) is 6.42 Å². The summed E-state index contributed by atoms with van der Waals surface area (Å²) < 4.78 is 25.5. The fourth-order valence-corrected chi connectivity index (χ4v) is 7.02. The van der Waals surface area contributed by atoms with Crippen molar-refractivity contribution in [2.75, 3.05) is 32.9 Å². The Balaban J connectivity index is 1.11. The molecule has 13 nitrogen and oxygen atoms in total. The van der Waals surface area contributed by atoms with Crippen molar-refractivity contribution < 1.29 is 23.7 Å². The van der Waals surface area contributed by atoms with Gasteiger partial charge in [0.25, 0.3) is 0 Å². The minimum atomic E-state index is -0.405. The molecule has 5 N–H and O–H groups in total. The summed E-state index contributed by atoms with van der Waals surface area (Å²) in [6.45, 7) is 9.05. The molecule has 55 heavy (non-hydrogen) atoms. The quantitative estimate of drug-likeness (QED) is 0.0768. The van der Waals surface area contributed by atoms with Gasteiger partial charge in [0.15, 0.2) is 6.29 Å². The van der Waals surface area contributed by atoms with Gasteiger partial charge in [-0.25, -0.2) is 9.79 Å². The number of hydrogen-bond acceptors (Lipinski definition) is 9. The molecule has 294 valence electrons. The Kier molecular flexibility index (Phi) is 13.4. The number of ether oxygens (including phenoxy) is 4. The van der Waals surface area contributed by atoms with E-state index in [0.29, 0.717) is 60.7 Å². The molecule has 1 aromatic heterocycles. The molecular weight excluding hydrogens is 697 g/mol. The van der Waals surface area contributed by atoms with E-state index in [4.69, 9.17) is 40.2 Å². The molecule has 1 aliphatic carbocycles. The van der Waals surface area contributed by atoms with Gasteiger partial charge in [-0.15, -0.1) is 0 Å². The van der Waals surface area contributed by atoms with Crippen LogP contribution in [0.2, 0.25) is 0 Å². The third-order valence-corrected chi connectivity index (χ3v) is 10.2. The number of hydrogen-bond donors (Lipinski definition) is 5. The summed E-state index contributed by atoms with van der Waals surface area (Å²) >= 11 is 0. The van der Waals surface area contributed by atoms with E-state index >= 15 is 0 Å².